The lowest BCUT2D eigenvalue weighted by Gasteiger charge is -2.40. The highest BCUT2D eigenvalue weighted by Crippen LogP contribution is 2.39. The molecular formula is C12H19F2NO2. The van der Waals surface area contributed by atoms with Crippen molar-refractivity contribution in [2.75, 3.05) is 13.1 Å². The first-order valence-corrected chi connectivity index (χ1v) is 6.32. The Hall–Kier alpha value is -0.710. The maximum atomic E-state index is 12.9. The van der Waals surface area contributed by atoms with Crippen LogP contribution in [0.5, 0.6) is 0 Å². The molecule has 5 heteroatoms. The highest BCUT2D eigenvalue weighted by Gasteiger charge is 2.50. The van der Waals surface area contributed by atoms with Gasteiger partial charge in [-0.25, -0.2) is 8.78 Å². The first-order chi connectivity index (χ1) is 8.06. The number of aliphatic carboxylic acids is 1. The number of carboxylic acids is 1. The number of hydrogen-bond donors (Lipinski definition) is 1. The van der Waals surface area contributed by atoms with Crippen molar-refractivity contribution in [2.24, 2.45) is 5.41 Å². The van der Waals surface area contributed by atoms with Gasteiger partial charge < -0.3 is 10.0 Å². The number of nitrogens with zero attached hydrogens (tertiary/aromatic N) is 1. The molecule has 0 amide bonds. The molecule has 1 saturated heterocycles. The van der Waals surface area contributed by atoms with E-state index in [1.54, 1.807) is 0 Å². The lowest BCUT2D eigenvalue weighted by atomic mass is 9.78. The number of halogens is 2. The van der Waals surface area contributed by atoms with E-state index in [0.717, 1.165) is 12.8 Å². The lowest BCUT2D eigenvalue weighted by molar-refractivity contribution is -0.165. The highest BCUT2D eigenvalue weighted by atomic mass is 19.3. The molecule has 1 aliphatic carbocycles. The molecule has 0 atom stereocenters. The van der Waals surface area contributed by atoms with Crippen LogP contribution in [0.3, 0.4) is 0 Å². The van der Waals surface area contributed by atoms with Crippen molar-refractivity contribution in [3.05, 3.63) is 0 Å². The third-order valence-electron chi connectivity index (χ3n) is 4.37. The summed E-state index contributed by atoms with van der Waals surface area (Å²) in [5, 5.41) is 9.01. The number of alkyl halides is 2. The van der Waals surface area contributed by atoms with E-state index in [-0.39, 0.29) is 12.8 Å². The van der Waals surface area contributed by atoms with E-state index in [2.05, 4.69) is 4.90 Å². The van der Waals surface area contributed by atoms with Crippen LogP contribution < -0.4 is 0 Å². The van der Waals surface area contributed by atoms with E-state index in [1.807, 2.05) is 0 Å². The fourth-order valence-corrected chi connectivity index (χ4v) is 3.08. The van der Waals surface area contributed by atoms with E-state index in [1.165, 1.54) is 12.8 Å². The molecule has 0 radical (unpaired) electrons. The minimum atomic E-state index is -2.76. The van der Waals surface area contributed by atoms with Crippen molar-refractivity contribution >= 4 is 5.97 Å². The van der Waals surface area contributed by atoms with Gasteiger partial charge in [-0.1, -0.05) is 12.8 Å². The first-order valence-electron chi connectivity index (χ1n) is 6.32. The predicted molar refractivity (Wildman–Crippen MR) is 59.1 cm³/mol. The molecule has 98 valence electrons. The molecule has 0 aromatic heterocycles. The normalized spacial score (nSPS) is 26.5. The summed E-state index contributed by atoms with van der Waals surface area (Å²) in [4.78, 5) is 13.3. The smallest absolute Gasteiger partial charge is 0.315 e. The summed E-state index contributed by atoms with van der Waals surface area (Å²) in [6, 6.07) is 0.500. The summed E-state index contributed by atoms with van der Waals surface area (Å²) in [5.74, 6) is -1.33. The summed E-state index contributed by atoms with van der Waals surface area (Å²) in [5.41, 5.74) is -1.80. The van der Waals surface area contributed by atoms with E-state index >= 15 is 0 Å². The minimum absolute atomic E-state index is 0.0799. The van der Waals surface area contributed by atoms with E-state index in [4.69, 9.17) is 5.11 Å². The molecule has 1 saturated carbocycles. The third-order valence-corrected chi connectivity index (χ3v) is 4.37. The monoisotopic (exact) mass is 247 g/mol. The second-order valence-electron chi connectivity index (χ2n) is 5.24. The fraction of sp³-hybridized carbons (Fsp3) is 0.917. The molecular weight excluding hydrogens is 228 g/mol. The van der Waals surface area contributed by atoms with Crippen LogP contribution in [0.25, 0.3) is 0 Å². The number of carboxylic acid groups (broad SMARTS) is 1. The lowest BCUT2D eigenvalue weighted by Crippen LogP contribution is -2.50. The van der Waals surface area contributed by atoms with Crippen molar-refractivity contribution in [3.8, 4) is 0 Å². The van der Waals surface area contributed by atoms with Gasteiger partial charge in [-0.05, 0) is 38.8 Å². The Morgan fingerprint density at radius 2 is 1.76 bits per heavy atom. The molecule has 0 aromatic rings. The van der Waals surface area contributed by atoms with Crippen LogP contribution in [0.1, 0.15) is 38.5 Å². The predicted octanol–water partition coefficient (Wildman–Crippen LogP) is 2.36. The van der Waals surface area contributed by atoms with Gasteiger partial charge in [-0.2, -0.15) is 0 Å². The molecule has 0 spiro atoms. The Morgan fingerprint density at radius 3 is 2.18 bits per heavy atom. The molecule has 1 aliphatic heterocycles. The average Bonchev–Trinajstić information content (AvgIpc) is 2.82. The number of piperidine rings is 1. The Kier molecular flexibility index (Phi) is 3.66. The van der Waals surface area contributed by atoms with Gasteiger partial charge in [0.15, 0.2) is 0 Å². The van der Waals surface area contributed by atoms with Crippen molar-refractivity contribution < 1.29 is 18.7 Å². The van der Waals surface area contributed by atoms with Gasteiger partial charge in [0, 0.05) is 6.04 Å². The first kappa shape index (κ1) is 12.7. The second-order valence-corrected chi connectivity index (χ2v) is 5.24. The Labute approximate surface area is 99.8 Å². The van der Waals surface area contributed by atoms with Crippen LogP contribution >= 0.6 is 0 Å². The molecule has 1 heterocycles. The van der Waals surface area contributed by atoms with Crippen LogP contribution in [0, 0.1) is 5.41 Å². The van der Waals surface area contributed by atoms with Crippen LogP contribution in [0.15, 0.2) is 0 Å². The van der Waals surface area contributed by atoms with Gasteiger partial charge in [0.25, 0.3) is 6.43 Å². The van der Waals surface area contributed by atoms with Crippen molar-refractivity contribution in [1.29, 1.82) is 0 Å². The molecule has 3 nitrogen and oxygen atoms in total. The van der Waals surface area contributed by atoms with Gasteiger partial charge in [-0.15, -0.1) is 0 Å². The largest absolute Gasteiger partial charge is 0.481 e. The fourth-order valence-electron chi connectivity index (χ4n) is 3.08. The molecule has 0 unspecified atom stereocenters. The zero-order valence-corrected chi connectivity index (χ0v) is 9.87. The highest BCUT2D eigenvalue weighted by molar-refractivity contribution is 5.75. The zero-order valence-electron chi connectivity index (χ0n) is 9.87. The average molecular weight is 247 g/mol. The Bertz CT molecular complexity index is 282. The Balaban J connectivity index is 1.97. The van der Waals surface area contributed by atoms with Gasteiger partial charge in [0.05, 0.1) is 0 Å². The molecule has 0 aromatic carbocycles. The van der Waals surface area contributed by atoms with E-state index < -0.39 is 17.8 Å². The maximum Gasteiger partial charge on any atom is 0.315 e. The van der Waals surface area contributed by atoms with Gasteiger partial charge in [-0.3, -0.25) is 4.79 Å². The van der Waals surface area contributed by atoms with Crippen molar-refractivity contribution in [1.82, 2.24) is 4.90 Å². The topological polar surface area (TPSA) is 40.5 Å². The number of likely N-dealkylation sites (tertiary alicyclic amines) is 1. The number of hydrogen-bond acceptors (Lipinski definition) is 2. The van der Waals surface area contributed by atoms with Gasteiger partial charge >= 0.3 is 5.97 Å². The molecule has 1 N–H and O–H groups in total. The number of rotatable bonds is 3. The number of carbonyl (C=O) groups is 1. The molecule has 2 aliphatic rings. The molecule has 2 fully saturated rings. The quantitative estimate of drug-likeness (QED) is 0.832. The van der Waals surface area contributed by atoms with Crippen molar-refractivity contribution in [3.63, 3.8) is 0 Å². The van der Waals surface area contributed by atoms with Crippen molar-refractivity contribution in [2.45, 2.75) is 51.0 Å². The van der Waals surface area contributed by atoms with Crippen LogP contribution in [0.4, 0.5) is 8.78 Å². The van der Waals surface area contributed by atoms with Gasteiger partial charge in [0.1, 0.15) is 5.41 Å². The van der Waals surface area contributed by atoms with Crippen LogP contribution in [-0.2, 0) is 4.79 Å². The summed E-state index contributed by atoms with van der Waals surface area (Å²) in [7, 11) is 0. The zero-order chi connectivity index (χ0) is 12.5. The molecule has 2 rings (SSSR count). The van der Waals surface area contributed by atoms with Crippen LogP contribution in [0.2, 0.25) is 0 Å². The maximum absolute atomic E-state index is 12.9. The summed E-state index contributed by atoms with van der Waals surface area (Å²) in [6.45, 7) is 1.00. The summed E-state index contributed by atoms with van der Waals surface area (Å²) < 4.78 is 25.9. The van der Waals surface area contributed by atoms with Gasteiger partial charge in [0.2, 0.25) is 0 Å². The van der Waals surface area contributed by atoms with E-state index in [9.17, 15) is 13.6 Å². The minimum Gasteiger partial charge on any atom is -0.481 e. The summed E-state index contributed by atoms with van der Waals surface area (Å²) in [6.07, 6.45) is 2.09. The molecule has 17 heavy (non-hydrogen) atoms. The molecule has 0 bridgehead atoms. The second kappa shape index (κ2) is 4.88. The Morgan fingerprint density at radius 1 is 1.24 bits per heavy atom. The third kappa shape index (κ3) is 2.30. The standard InChI is InChI=1S/C12H19F2NO2/c13-10(14)12(11(16)17)5-7-15(8-6-12)9-3-1-2-4-9/h9-10H,1-8H2,(H,16,17). The van der Waals surface area contributed by atoms with Crippen LogP contribution in [-0.4, -0.2) is 41.5 Å². The SMILES string of the molecule is O=C(O)C1(C(F)F)CCN(C2CCCC2)CC1. The summed E-state index contributed by atoms with van der Waals surface area (Å²) >= 11 is 0. The van der Waals surface area contributed by atoms with E-state index in [0.29, 0.717) is 19.1 Å².